The number of ketones is 2. The van der Waals surface area contributed by atoms with E-state index in [9.17, 15) is 19.2 Å². The number of hydrogen-bond acceptors (Lipinski definition) is 6. The molecule has 0 aromatic heterocycles. The molecule has 26 heavy (non-hydrogen) atoms. The SMILES string of the molecule is Nc1ccc(NC(=O)CNCC(=O)O)c2c1C(=O)c1ccccc1C2=O. The van der Waals surface area contributed by atoms with E-state index in [0.717, 1.165) is 0 Å². The summed E-state index contributed by atoms with van der Waals surface area (Å²) in [4.78, 5) is 48.1. The highest BCUT2D eigenvalue weighted by atomic mass is 16.4. The average molecular weight is 353 g/mol. The number of carboxylic acids is 1. The lowest BCUT2D eigenvalue weighted by Crippen LogP contribution is -2.32. The minimum Gasteiger partial charge on any atom is -0.480 e. The molecule has 0 bridgehead atoms. The molecule has 2 aromatic carbocycles. The lowest BCUT2D eigenvalue weighted by Gasteiger charge is -2.21. The normalized spacial score (nSPS) is 12.3. The van der Waals surface area contributed by atoms with Gasteiger partial charge in [0.2, 0.25) is 5.91 Å². The van der Waals surface area contributed by atoms with Crippen LogP contribution in [0.5, 0.6) is 0 Å². The molecule has 0 saturated heterocycles. The first-order chi connectivity index (χ1) is 12.4. The second-order valence-electron chi connectivity index (χ2n) is 5.70. The Morgan fingerprint density at radius 2 is 1.54 bits per heavy atom. The van der Waals surface area contributed by atoms with E-state index in [2.05, 4.69) is 10.6 Å². The molecule has 132 valence electrons. The van der Waals surface area contributed by atoms with Crippen LogP contribution < -0.4 is 16.4 Å². The van der Waals surface area contributed by atoms with Crippen LogP contribution in [0, 0.1) is 0 Å². The van der Waals surface area contributed by atoms with E-state index in [1.165, 1.54) is 12.1 Å². The van der Waals surface area contributed by atoms with Gasteiger partial charge in [-0.2, -0.15) is 0 Å². The molecule has 1 aliphatic rings. The van der Waals surface area contributed by atoms with Crippen LogP contribution in [0.2, 0.25) is 0 Å². The summed E-state index contributed by atoms with van der Waals surface area (Å²) in [5.41, 5.74) is 6.82. The molecule has 1 amide bonds. The fourth-order valence-corrected chi connectivity index (χ4v) is 2.83. The first kappa shape index (κ1) is 17.3. The third-order valence-electron chi connectivity index (χ3n) is 3.94. The standard InChI is InChI=1S/C18H15N3O5/c19-11-5-6-12(21-13(22)7-20-8-14(23)24)16-15(11)17(25)9-3-1-2-4-10(9)18(16)26/h1-6,20H,7-8,19H2,(H,21,22)(H,23,24). The van der Waals surface area contributed by atoms with E-state index in [1.807, 2.05) is 0 Å². The van der Waals surface area contributed by atoms with Gasteiger partial charge < -0.3 is 16.2 Å². The maximum atomic E-state index is 12.9. The maximum absolute atomic E-state index is 12.9. The topological polar surface area (TPSA) is 139 Å². The second kappa shape index (κ2) is 6.77. The lowest BCUT2D eigenvalue weighted by molar-refractivity contribution is -0.135. The molecule has 8 heteroatoms. The predicted molar refractivity (Wildman–Crippen MR) is 93.3 cm³/mol. The van der Waals surface area contributed by atoms with Crippen molar-refractivity contribution in [2.45, 2.75) is 0 Å². The van der Waals surface area contributed by atoms with E-state index in [1.54, 1.807) is 24.3 Å². The van der Waals surface area contributed by atoms with Crippen LogP contribution in [-0.2, 0) is 9.59 Å². The van der Waals surface area contributed by atoms with Crippen molar-refractivity contribution in [2.75, 3.05) is 24.1 Å². The minimum atomic E-state index is -1.10. The van der Waals surface area contributed by atoms with Gasteiger partial charge in [0.05, 0.1) is 29.9 Å². The van der Waals surface area contributed by atoms with Crippen LogP contribution in [0.3, 0.4) is 0 Å². The molecule has 2 aromatic rings. The van der Waals surface area contributed by atoms with Crippen molar-refractivity contribution in [2.24, 2.45) is 0 Å². The van der Waals surface area contributed by atoms with Crippen LogP contribution >= 0.6 is 0 Å². The van der Waals surface area contributed by atoms with Crippen molar-refractivity contribution < 1.29 is 24.3 Å². The fourth-order valence-electron chi connectivity index (χ4n) is 2.83. The van der Waals surface area contributed by atoms with Gasteiger partial charge in [0.1, 0.15) is 0 Å². The van der Waals surface area contributed by atoms with Gasteiger partial charge in [0.15, 0.2) is 11.6 Å². The molecule has 0 saturated carbocycles. The third-order valence-corrected chi connectivity index (χ3v) is 3.94. The quantitative estimate of drug-likeness (QED) is 0.494. The first-order valence-electron chi connectivity index (χ1n) is 7.73. The zero-order valence-electron chi connectivity index (χ0n) is 13.5. The highest BCUT2D eigenvalue weighted by Crippen LogP contribution is 2.35. The Morgan fingerprint density at radius 1 is 0.923 bits per heavy atom. The molecule has 0 spiro atoms. The molecular weight excluding hydrogens is 338 g/mol. The van der Waals surface area contributed by atoms with Crippen molar-refractivity contribution >= 4 is 34.8 Å². The number of benzene rings is 2. The summed E-state index contributed by atoms with van der Waals surface area (Å²) in [6.45, 7) is -0.637. The van der Waals surface area contributed by atoms with Crippen molar-refractivity contribution in [3.8, 4) is 0 Å². The Bertz CT molecular complexity index is 952. The van der Waals surface area contributed by atoms with Gasteiger partial charge in [-0.15, -0.1) is 0 Å². The van der Waals surface area contributed by atoms with Gasteiger partial charge in [-0.25, -0.2) is 0 Å². The molecule has 0 radical (unpaired) electrons. The summed E-state index contributed by atoms with van der Waals surface area (Å²) in [6.07, 6.45) is 0. The molecule has 0 atom stereocenters. The lowest BCUT2D eigenvalue weighted by atomic mass is 9.82. The monoisotopic (exact) mass is 353 g/mol. The van der Waals surface area contributed by atoms with E-state index in [0.29, 0.717) is 0 Å². The average Bonchev–Trinajstić information content (AvgIpc) is 2.60. The van der Waals surface area contributed by atoms with Gasteiger partial charge in [-0.1, -0.05) is 24.3 Å². The van der Waals surface area contributed by atoms with Crippen molar-refractivity contribution in [1.82, 2.24) is 5.32 Å². The molecule has 3 rings (SSSR count). The number of carboxylic acid groups (broad SMARTS) is 1. The summed E-state index contributed by atoms with van der Waals surface area (Å²) >= 11 is 0. The number of anilines is 2. The number of amides is 1. The largest absolute Gasteiger partial charge is 0.480 e. The second-order valence-corrected chi connectivity index (χ2v) is 5.70. The molecule has 0 fully saturated rings. The van der Waals surface area contributed by atoms with E-state index >= 15 is 0 Å². The molecule has 0 heterocycles. The number of rotatable bonds is 5. The number of nitrogens with two attached hydrogens (primary N) is 1. The van der Waals surface area contributed by atoms with Crippen molar-refractivity contribution in [1.29, 1.82) is 0 Å². The van der Waals surface area contributed by atoms with E-state index in [-0.39, 0.29) is 52.5 Å². The number of hydrogen-bond donors (Lipinski definition) is 4. The Labute approximate surface area is 148 Å². The Balaban J connectivity index is 1.95. The van der Waals surface area contributed by atoms with Crippen molar-refractivity contribution in [3.63, 3.8) is 0 Å². The summed E-state index contributed by atoms with van der Waals surface area (Å²) in [5, 5.41) is 13.5. The number of aliphatic carboxylic acids is 1. The van der Waals surface area contributed by atoms with Gasteiger partial charge >= 0.3 is 5.97 Å². The Kier molecular flexibility index (Phi) is 4.51. The number of fused-ring (bicyclic) bond motifs is 2. The highest BCUT2D eigenvalue weighted by molar-refractivity contribution is 6.32. The van der Waals surface area contributed by atoms with Gasteiger partial charge in [-0.3, -0.25) is 24.5 Å². The number of nitrogens with one attached hydrogen (secondary N) is 2. The third kappa shape index (κ3) is 3.05. The zero-order chi connectivity index (χ0) is 18.8. The first-order valence-corrected chi connectivity index (χ1v) is 7.73. The van der Waals surface area contributed by atoms with Crippen LogP contribution in [0.25, 0.3) is 0 Å². The molecule has 8 nitrogen and oxygen atoms in total. The fraction of sp³-hybridized carbons (Fsp3) is 0.111. The summed E-state index contributed by atoms with van der Waals surface area (Å²) in [5.74, 6) is -2.43. The van der Waals surface area contributed by atoms with Crippen molar-refractivity contribution in [3.05, 3.63) is 58.7 Å². The zero-order valence-corrected chi connectivity index (χ0v) is 13.5. The van der Waals surface area contributed by atoms with E-state index in [4.69, 9.17) is 10.8 Å². The summed E-state index contributed by atoms with van der Waals surface area (Å²) in [6, 6.07) is 9.29. The highest BCUT2D eigenvalue weighted by Gasteiger charge is 2.33. The smallest absolute Gasteiger partial charge is 0.317 e. The Morgan fingerprint density at radius 3 is 2.15 bits per heavy atom. The maximum Gasteiger partial charge on any atom is 0.317 e. The summed E-state index contributed by atoms with van der Waals surface area (Å²) < 4.78 is 0. The van der Waals surface area contributed by atoms with Gasteiger partial charge in [0, 0.05) is 16.8 Å². The van der Waals surface area contributed by atoms with Gasteiger partial charge in [-0.05, 0) is 12.1 Å². The molecule has 1 aliphatic carbocycles. The van der Waals surface area contributed by atoms with Crippen LogP contribution in [-0.4, -0.2) is 41.6 Å². The minimum absolute atomic E-state index is 0.0419. The summed E-state index contributed by atoms with van der Waals surface area (Å²) in [7, 11) is 0. The molecule has 0 unspecified atom stereocenters. The molecular formula is C18H15N3O5. The number of nitrogen functional groups attached to an aromatic ring is 1. The molecule has 0 aliphatic heterocycles. The molecule has 5 N–H and O–H groups in total. The Hall–Kier alpha value is -3.52. The van der Waals surface area contributed by atoms with Crippen LogP contribution in [0.1, 0.15) is 31.8 Å². The van der Waals surface area contributed by atoms with Crippen LogP contribution in [0.4, 0.5) is 11.4 Å². The predicted octanol–water partition coefficient (Wildman–Crippen LogP) is 0.657. The van der Waals surface area contributed by atoms with E-state index < -0.39 is 17.7 Å². The number of carbonyl (C=O) groups excluding carboxylic acids is 3. The van der Waals surface area contributed by atoms with Crippen LogP contribution in [0.15, 0.2) is 36.4 Å². The van der Waals surface area contributed by atoms with Gasteiger partial charge in [0.25, 0.3) is 0 Å². The number of carbonyl (C=O) groups is 4.